The Balaban J connectivity index is 1.75. The Kier molecular flexibility index (Phi) is 2.21. The summed E-state index contributed by atoms with van der Waals surface area (Å²) in [6.07, 6.45) is 2.78. The van der Waals surface area contributed by atoms with Crippen molar-refractivity contribution in [2.45, 2.75) is 18.9 Å². The molecule has 0 aliphatic heterocycles. The van der Waals surface area contributed by atoms with Crippen LogP contribution in [0.15, 0.2) is 36.5 Å². The second kappa shape index (κ2) is 3.73. The van der Waals surface area contributed by atoms with Crippen LogP contribution in [0.5, 0.6) is 0 Å². The summed E-state index contributed by atoms with van der Waals surface area (Å²) < 4.78 is 1.71. The van der Waals surface area contributed by atoms with Crippen LogP contribution in [0.25, 0.3) is 0 Å². The van der Waals surface area contributed by atoms with E-state index in [1.54, 1.807) is 10.9 Å². The third-order valence-corrected chi connectivity index (χ3v) is 3.23. The predicted molar refractivity (Wildman–Crippen MR) is 62.1 cm³/mol. The number of carboxylic acid groups (broad SMARTS) is 1. The van der Waals surface area contributed by atoms with Crippen molar-refractivity contribution in [3.63, 3.8) is 0 Å². The largest absolute Gasteiger partial charge is 0.476 e. The Morgan fingerprint density at radius 2 is 2.24 bits per heavy atom. The molecule has 0 saturated heterocycles. The van der Waals surface area contributed by atoms with E-state index in [0.717, 1.165) is 13.0 Å². The molecule has 3 rings (SSSR count). The fourth-order valence-electron chi connectivity index (χ4n) is 2.33. The van der Waals surface area contributed by atoms with Gasteiger partial charge in [-0.3, -0.25) is 4.68 Å². The van der Waals surface area contributed by atoms with E-state index in [1.165, 1.54) is 17.2 Å². The van der Waals surface area contributed by atoms with E-state index in [1.807, 2.05) is 12.1 Å². The summed E-state index contributed by atoms with van der Waals surface area (Å²) >= 11 is 0. The lowest BCUT2D eigenvalue weighted by atomic mass is 9.78. The van der Waals surface area contributed by atoms with Crippen molar-refractivity contribution >= 4 is 5.97 Å². The first-order chi connectivity index (χ1) is 8.24. The lowest BCUT2D eigenvalue weighted by molar-refractivity contribution is 0.0689. The normalized spacial score (nSPS) is 17.3. The van der Waals surface area contributed by atoms with E-state index in [-0.39, 0.29) is 5.69 Å². The molecule has 1 unspecified atom stereocenters. The third-order valence-electron chi connectivity index (χ3n) is 3.23. The number of carbonyl (C=O) groups is 1. The smallest absolute Gasteiger partial charge is 0.356 e. The second-order valence-corrected chi connectivity index (χ2v) is 4.33. The van der Waals surface area contributed by atoms with Gasteiger partial charge in [0.1, 0.15) is 0 Å². The molecular formula is C13H12N2O2. The number of aromatic nitrogens is 2. The van der Waals surface area contributed by atoms with Gasteiger partial charge in [-0.05, 0) is 23.6 Å². The molecule has 0 radical (unpaired) electrons. The molecule has 0 spiro atoms. The minimum atomic E-state index is -0.974. The summed E-state index contributed by atoms with van der Waals surface area (Å²) in [6, 6.07) is 9.89. The maximum atomic E-state index is 10.7. The summed E-state index contributed by atoms with van der Waals surface area (Å²) in [5, 5.41) is 12.8. The van der Waals surface area contributed by atoms with Crippen molar-refractivity contribution in [1.29, 1.82) is 0 Å². The first-order valence-corrected chi connectivity index (χ1v) is 5.58. The van der Waals surface area contributed by atoms with Gasteiger partial charge in [0.2, 0.25) is 0 Å². The maximum Gasteiger partial charge on any atom is 0.356 e. The highest BCUT2D eigenvalue weighted by Crippen LogP contribution is 2.35. The van der Waals surface area contributed by atoms with Crippen molar-refractivity contribution in [2.24, 2.45) is 0 Å². The Morgan fingerprint density at radius 3 is 2.94 bits per heavy atom. The Labute approximate surface area is 98.5 Å². The Bertz CT molecular complexity index is 574. The van der Waals surface area contributed by atoms with Gasteiger partial charge in [-0.1, -0.05) is 24.3 Å². The average molecular weight is 228 g/mol. The first-order valence-electron chi connectivity index (χ1n) is 5.58. The molecule has 2 aromatic rings. The van der Waals surface area contributed by atoms with Crippen LogP contribution in [0.1, 0.15) is 27.5 Å². The number of rotatable bonds is 3. The maximum absolute atomic E-state index is 10.7. The number of fused-ring (bicyclic) bond motifs is 1. The van der Waals surface area contributed by atoms with Gasteiger partial charge in [0.05, 0.1) is 0 Å². The van der Waals surface area contributed by atoms with Crippen LogP contribution in [-0.4, -0.2) is 20.9 Å². The number of benzene rings is 1. The van der Waals surface area contributed by atoms with Gasteiger partial charge in [-0.25, -0.2) is 4.79 Å². The minimum Gasteiger partial charge on any atom is -0.476 e. The van der Waals surface area contributed by atoms with Crippen molar-refractivity contribution in [3.8, 4) is 0 Å². The SMILES string of the molecule is O=C(O)c1ccn(CC2Cc3ccccc32)n1. The third kappa shape index (κ3) is 1.71. The van der Waals surface area contributed by atoms with Crippen LogP contribution in [0.3, 0.4) is 0 Å². The van der Waals surface area contributed by atoms with Crippen LogP contribution >= 0.6 is 0 Å². The Hall–Kier alpha value is -2.10. The van der Waals surface area contributed by atoms with Crippen molar-refractivity contribution in [2.75, 3.05) is 0 Å². The van der Waals surface area contributed by atoms with Crippen LogP contribution in [0.4, 0.5) is 0 Å². The lowest BCUT2D eigenvalue weighted by Gasteiger charge is -2.29. The van der Waals surface area contributed by atoms with Crippen molar-refractivity contribution in [3.05, 3.63) is 53.3 Å². The van der Waals surface area contributed by atoms with E-state index in [2.05, 4.69) is 17.2 Å². The first kappa shape index (κ1) is 10.1. The summed E-state index contributed by atoms with van der Waals surface area (Å²) in [5.74, 6) is -0.509. The minimum absolute atomic E-state index is 0.109. The molecule has 0 saturated carbocycles. The van der Waals surface area contributed by atoms with Gasteiger partial charge in [-0.15, -0.1) is 0 Å². The van der Waals surface area contributed by atoms with Gasteiger partial charge >= 0.3 is 5.97 Å². The van der Waals surface area contributed by atoms with Crippen LogP contribution < -0.4 is 0 Å². The standard InChI is InChI=1S/C13H12N2O2/c16-13(17)12-5-6-15(14-12)8-10-7-9-3-1-2-4-11(9)10/h1-6,10H,7-8H2,(H,16,17). The summed E-state index contributed by atoms with van der Waals surface area (Å²) in [4.78, 5) is 10.7. The van der Waals surface area contributed by atoms with Gasteiger partial charge in [0.25, 0.3) is 0 Å². The zero-order chi connectivity index (χ0) is 11.8. The fourth-order valence-corrected chi connectivity index (χ4v) is 2.33. The van der Waals surface area contributed by atoms with E-state index < -0.39 is 5.97 Å². The highest BCUT2D eigenvalue weighted by molar-refractivity contribution is 5.85. The van der Waals surface area contributed by atoms with Crippen LogP contribution in [0, 0.1) is 0 Å². The molecule has 86 valence electrons. The molecule has 1 aliphatic carbocycles. The number of hydrogen-bond acceptors (Lipinski definition) is 2. The van der Waals surface area contributed by atoms with Crippen molar-refractivity contribution < 1.29 is 9.90 Å². The quantitative estimate of drug-likeness (QED) is 0.873. The number of aromatic carboxylic acids is 1. The van der Waals surface area contributed by atoms with E-state index in [9.17, 15) is 4.79 Å². The van der Waals surface area contributed by atoms with E-state index in [0.29, 0.717) is 5.92 Å². The average Bonchev–Trinajstić information content (AvgIpc) is 2.75. The topological polar surface area (TPSA) is 55.1 Å². The molecule has 4 heteroatoms. The van der Waals surface area contributed by atoms with E-state index >= 15 is 0 Å². The highest BCUT2D eigenvalue weighted by Gasteiger charge is 2.25. The van der Waals surface area contributed by atoms with Gasteiger partial charge in [0, 0.05) is 18.7 Å². The van der Waals surface area contributed by atoms with Gasteiger partial charge in [-0.2, -0.15) is 5.10 Å². The predicted octanol–water partition coefficient (Wildman–Crippen LogP) is 1.92. The summed E-state index contributed by atoms with van der Waals surface area (Å²) in [5.41, 5.74) is 2.86. The van der Waals surface area contributed by atoms with Gasteiger partial charge < -0.3 is 5.11 Å². The molecule has 1 aliphatic rings. The number of nitrogens with zero attached hydrogens (tertiary/aromatic N) is 2. The van der Waals surface area contributed by atoms with Gasteiger partial charge in [0.15, 0.2) is 5.69 Å². The Morgan fingerprint density at radius 1 is 1.41 bits per heavy atom. The zero-order valence-electron chi connectivity index (χ0n) is 9.21. The molecule has 1 N–H and O–H groups in total. The van der Waals surface area contributed by atoms with E-state index in [4.69, 9.17) is 5.11 Å². The molecular weight excluding hydrogens is 216 g/mol. The molecule has 4 nitrogen and oxygen atoms in total. The molecule has 0 fully saturated rings. The number of hydrogen-bond donors (Lipinski definition) is 1. The van der Waals surface area contributed by atoms with Crippen LogP contribution in [-0.2, 0) is 13.0 Å². The lowest BCUT2D eigenvalue weighted by Crippen LogP contribution is -2.22. The molecule has 1 heterocycles. The molecule has 0 amide bonds. The number of carboxylic acids is 1. The second-order valence-electron chi connectivity index (χ2n) is 4.33. The zero-order valence-corrected chi connectivity index (χ0v) is 9.21. The van der Waals surface area contributed by atoms with Crippen LogP contribution in [0.2, 0.25) is 0 Å². The summed E-state index contributed by atoms with van der Waals surface area (Å²) in [7, 11) is 0. The fraction of sp³-hybridized carbons (Fsp3) is 0.231. The molecule has 1 atom stereocenters. The molecule has 0 bridgehead atoms. The van der Waals surface area contributed by atoms with Crippen molar-refractivity contribution in [1.82, 2.24) is 9.78 Å². The summed E-state index contributed by atoms with van der Waals surface area (Å²) in [6.45, 7) is 0.754. The molecule has 1 aromatic heterocycles. The highest BCUT2D eigenvalue weighted by atomic mass is 16.4. The monoisotopic (exact) mass is 228 g/mol. The molecule has 1 aromatic carbocycles. The molecule has 17 heavy (non-hydrogen) atoms.